The third-order valence-electron chi connectivity index (χ3n) is 2.27. The molecule has 2 N–H and O–H groups in total. The predicted octanol–water partition coefficient (Wildman–Crippen LogP) is 2.35. The number of hydrogen-bond donors (Lipinski definition) is 2. The Morgan fingerprint density at radius 1 is 1.41 bits per heavy atom. The number of carbonyl (C=O) groups excluding carboxylic acids is 1. The smallest absolute Gasteiger partial charge is 0.303 e. The number of halogens is 1. The average Bonchev–Trinajstić information content (AvgIpc) is 2.27. The van der Waals surface area contributed by atoms with E-state index in [4.69, 9.17) is 5.11 Å². The third-order valence-corrected chi connectivity index (χ3v) is 3.16. The fourth-order valence-corrected chi connectivity index (χ4v) is 1.58. The molecule has 0 saturated carbocycles. The molecule has 0 spiro atoms. The van der Waals surface area contributed by atoms with Crippen molar-refractivity contribution >= 4 is 27.8 Å². The maximum Gasteiger partial charge on any atom is 0.303 e. The molecule has 0 atom stereocenters. The number of aryl methyl sites for hydroxylation is 1. The summed E-state index contributed by atoms with van der Waals surface area (Å²) in [7, 11) is 0. The summed E-state index contributed by atoms with van der Waals surface area (Å²) in [6.45, 7) is 2.28. The summed E-state index contributed by atoms with van der Waals surface area (Å²) < 4.78 is 0.958. The molecule has 1 aromatic rings. The Kier molecular flexibility index (Phi) is 5.15. The topological polar surface area (TPSA) is 66.4 Å². The van der Waals surface area contributed by atoms with Crippen LogP contribution in [0.1, 0.15) is 28.8 Å². The normalized spacial score (nSPS) is 10.0. The van der Waals surface area contributed by atoms with E-state index in [1.807, 2.05) is 13.0 Å². The van der Waals surface area contributed by atoms with Crippen LogP contribution in [0.3, 0.4) is 0 Å². The number of aliphatic carboxylic acids is 1. The Hall–Kier alpha value is -1.36. The van der Waals surface area contributed by atoms with Crippen molar-refractivity contribution in [3.05, 3.63) is 33.8 Å². The van der Waals surface area contributed by atoms with Gasteiger partial charge >= 0.3 is 5.97 Å². The molecule has 5 heteroatoms. The predicted molar refractivity (Wildman–Crippen MR) is 68.1 cm³/mol. The van der Waals surface area contributed by atoms with E-state index in [9.17, 15) is 9.59 Å². The molecule has 4 nitrogen and oxygen atoms in total. The number of benzene rings is 1. The van der Waals surface area contributed by atoms with E-state index in [0.29, 0.717) is 18.5 Å². The number of carbonyl (C=O) groups is 2. The van der Waals surface area contributed by atoms with Crippen LogP contribution in [0.5, 0.6) is 0 Å². The van der Waals surface area contributed by atoms with E-state index in [1.54, 1.807) is 12.1 Å². The molecule has 0 saturated heterocycles. The van der Waals surface area contributed by atoms with E-state index in [-0.39, 0.29) is 12.3 Å². The van der Waals surface area contributed by atoms with Gasteiger partial charge in [0.1, 0.15) is 0 Å². The first kappa shape index (κ1) is 13.7. The van der Waals surface area contributed by atoms with Crippen LogP contribution in [-0.2, 0) is 4.79 Å². The molecule has 17 heavy (non-hydrogen) atoms. The molecular formula is C12H14BrNO3. The molecule has 1 amide bonds. The van der Waals surface area contributed by atoms with Crippen molar-refractivity contribution in [2.75, 3.05) is 6.54 Å². The first-order chi connectivity index (χ1) is 8.00. The zero-order valence-corrected chi connectivity index (χ0v) is 11.1. The second-order valence-electron chi connectivity index (χ2n) is 3.72. The maximum absolute atomic E-state index is 11.7. The van der Waals surface area contributed by atoms with Crippen molar-refractivity contribution < 1.29 is 14.7 Å². The number of rotatable bonds is 5. The molecule has 0 bridgehead atoms. The van der Waals surface area contributed by atoms with Gasteiger partial charge in [-0.25, -0.2) is 0 Å². The van der Waals surface area contributed by atoms with Gasteiger partial charge in [-0.2, -0.15) is 0 Å². The van der Waals surface area contributed by atoms with Gasteiger partial charge in [0.25, 0.3) is 5.91 Å². The first-order valence-corrected chi connectivity index (χ1v) is 6.06. The summed E-state index contributed by atoms with van der Waals surface area (Å²) in [6, 6.07) is 5.34. The van der Waals surface area contributed by atoms with Gasteiger partial charge in [0, 0.05) is 23.0 Å². The van der Waals surface area contributed by atoms with Gasteiger partial charge in [-0.3, -0.25) is 9.59 Å². The number of amides is 1. The molecular weight excluding hydrogens is 286 g/mol. The number of hydrogen-bond acceptors (Lipinski definition) is 2. The minimum Gasteiger partial charge on any atom is -0.481 e. The molecule has 92 valence electrons. The van der Waals surface area contributed by atoms with Crippen LogP contribution >= 0.6 is 15.9 Å². The highest BCUT2D eigenvalue weighted by Crippen LogP contribution is 2.16. The third kappa shape index (κ3) is 4.56. The van der Waals surface area contributed by atoms with E-state index in [1.165, 1.54) is 0 Å². The highest BCUT2D eigenvalue weighted by Gasteiger charge is 2.06. The molecule has 0 radical (unpaired) electrons. The molecule has 0 aromatic heterocycles. The minimum absolute atomic E-state index is 0.0691. The monoisotopic (exact) mass is 299 g/mol. The minimum atomic E-state index is -0.848. The largest absolute Gasteiger partial charge is 0.481 e. The number of carboxylic acid groups (broad SMARTS) is 1. The van der Waals surface area contributed by atoms with Crippen molar-refractivity contribution in [3.8, 4) is 0 Å². The van der Waals surface area contributed by atoms with Gasteiger partial charge < -0.3 is 10.4 Å². The summed E-state index contributed by atoms with van der Waals surface area (Å²) >= 11 is 3.36. The van der Waals surface area contributed by atoms with E-state index in [0.717, 1.165) is 10.0 Å². The van der Waals surface area contributed by atoms with Gasteiger partial charge in [0.2, 0.25) is 0 Å². The molecule has 0 aliphatic heterocycles. The summed E-state index contributed by atoms with van der Waals surface area (Å²) in [5.74, 6) is -1.02. The quantitative estimate of drug-likeness (QED) is 0.820. The highest BCUT2D eigenvalue weighted by molar-refractivity contribution is 9.10. The first-order valence-electron chi connectivity index (χ1n) is 5.27. The Balaban J connectivity index is 2.47. The summed E-state index contributed by atoms with van der Waals surface area (Å²) in [5, 5.41) is 11.1. The van der Waals surface area contributed by atoms with Gasteiger partial charge in [0.15, 0.2) is 0 Å². The number of carboxylic acids is 1. The molecule has 0 aliphatic carbocycles. The summed E-state index contributed by atoms with van der Waals surface area (Å²) in [5.41, 5.74) is 1.57. The Morgan fingerprint density at radius 3 is 2.71 bits per heavy atom. The van der Waals surface area contributed by atoms with Gasteiger partial charge in [-0.05, 0) is 37.1 Å². The van der Waals surface area contributed by atoms with Crippen LogP contribution in [-0.4, -0.2) is 23.5 Å². The van der Waals surface area contributed by atoms with Crippen molar-refractivity contribution in [2.24, 2.45) is 0 Å². The zero-order valence-electron chi connectivity index (χ0n) is 9.50. The van der Waals surface area contributed by atoms with Crippen molar-refractivity contribution in [2.45, 2.75) is 19.8 Å². The second kappa shape index (κ2) is 6.39. The standard InChI is InChI=1S/C12H14BrNO3/c1-8-7-9(4-5-10(8)13)12(17)14-6-2-3-11(15)16/h4-5,7H,2-3,6H2,1H3,(H,14,17)(H,15,16). The van der Waals surface area contributed by atoms with Crippen LogP contribution < -0.4 is 5.32 Å². The lowest BCUT2D eigenvalue weighted by Crippen LogP contribution is -2.24. The van der Waals surface area contributed by atoms with E-state index >= 15 is 0 Å². The molecule has 1 aromatic carbocycles. The zero-order chi connectivity index (χ0) is 12.8. The second-order valence-corrected chi connectivity index (χ2v) is 4.57. The fraction of sp³-hybridized carbons (Fsp3) is 0.333. The van der Waals surface area contributed by atoms with Gasteiger partial charge in [-0.15, -0.1) is 0 Å². The maximum atomic E-state index is 11.7. The van der Waals surface area contributed by atoms with Crippen molar-refractivity contribution in [1.82, 2.24) is 5.32 Å². The van der Waals surface area contributed by atoms with Crippen LogP contribution in [0, 0.1) is 6.92 Å². The lowest BCUT2D eigenvalue weighted by molar-refractivity contribution is -0.137. The SMILES string of the molecule is Cc1cc(C(=O)NCCCC(=O)O)ccc1Br. The van der Waals surface area contributed by atoms with E-state index in [2.05, 4.69) is 21.2 Å². The lowest BCUT2D eigenvalue weighted by atomic mass is 10.1. The van der Waals surface area contributed by atoms with Crippen LogP contribution in [0.15, 0.2) is 22.7 Å². The van der Waals surface area contributed by atoms with Crippen LogP contribution in [0.4, 0.5) is 0 Å². The molecule has 0 unspecified atom stereocenters. The molecule has 0 aliphatic rings. The number of nitrogens with one attached hydrogen (secondary N) is 1. The van der Waals surface area contributed by atoms with Crippen molar-refractivity contribution in [3.63, 3.8) is 0 Å². The lowest BCUT2D eigenvalue weighted by Gasteiger charge is -2.05. The van der Waals surface area contributed by atoms with Gasteiger partial charge in [0.05, 0.1) is 0 Å². The highest BCUT2D eigenvalue weighted by atomic mass is 79.9. The summed E-state index contributed by atoms with van der Waals surface area (Å²) in [6.07, 6.45) is 0.510. The van der Waals surface area contributed by atoms with Crippen LogP contribution in [0.25, 0.3) is 0 Å². The molecule has 1 rings (SSSR count). The molecule has 0 fully saturated rings. The average molecular weight is 300 g/mol. The van der Waals surface area contributed by atoms with E-state index < -0.39 is 5.97 Å². The Labute approximate surface area is 108 Å². The van der Waals surface area contributed by atoms with Crippen LogP contribution in [0.2, 0.25) is 0 Å². The summed E-state index contributed by atoms with van der Waals surface area (Å²) in [4.78, 5) is 22.0. The van der Waals surface area contributed by atoms with Crippen molar-refractivity contribution in [1.29, 1.82) is 0 Å². The Bertz CT molecular complexity index is 432. The van der Waals surface area contributed by atoms with Gasteiger partial charge in [-0.1, -0.05) is 15.9 Å². The Morgan fingerprint density at radius 2 is 2.12 bits per heavy atom. The fourth-order valence-electron chi connectivity index (χ4n) is 1.33. The molecule has 0 heterocycles.